The molecule has 0 bridgehead atoms. The van der Waals surface area contributed by atoms with Crippen molar-refractivity contribution < 1.29 is 0 Å². The Morgan fingerprint density at radius 2 is 1.90 bits per heavy atom. The van der Waals surface area contributed by atoms with Crippen LogP contribution in [-0.4, -0.2) is 6.04 Å². The highest BCUT2D eigenvalue weighted by Gasteiger charge is 2.08. The highest BCUT2D eigenvalue weighted by atomic mass is 35.5. The van der Waals surface area contributed by atoms with Gasteiger partial charge in [0.2, 0.25) is 0 Å². The van der Waals surface area contributed by atoms with Gasteiger partial charge >= 0.3 is 0 Å². The first-order valence-electron chi connectivity index (χ1n) is 6.79. The van der Waals surface area contributed by atoms with Crippen LogP contribution in [0.5, 0.6) is 0 Å². The van der Waals surface area contributed by atoms with Gasteiger partial charge in [-0.1, -0.05) is 59.1 Å². The van der Waals surface area contributed by atoms with Gasteiger partial charge in [-0.05, 0) is 49.4 Å². The Bertz CT molecular complexity index is 581. The predicted molar refractivity (Wildman–Crippen MR) is 87.6 cm³/mol. The molecule has 0 aromatic heterocycles. The molecule has 0 heterocycles. The zero-order valence-corrected chi connectivity index (χ0v) is 13.1. The molecule has 0 spiro atoms. The molecule has 106 valence electrons. The van der Waals surface area contributed by atoms with E-state index in [1.807, 2.05) is 12.1 Å². The summed E-state index contributed by atoms with van der Waals surface area (Å²) in [6.07, 6.45) is 2.72. The molecule has 0 amide bonds. The minimum absolute atomic E-state index is 0.106. The van der Waals surface area contributed by atoms with Crippen LogP contribution < -0.4 is 5.73 Å². The van der Waals surface area contributed by atoms with E-state index in [4.69, 9.17) is 28.9 Å². The van der Waals surface area contributed by atoms with Gasteiger partial charge in [0.1, 0.15) is 0 Å². The standard InChI is InChI=1S/C17H19Cl2N/c1-12-3-2-4-13(9-12)5-8-16(20)10-14-6-7-15(18)11-17(14)19/h2-4,6-7,9,11,16H,5,8,10,20H2,1H3. The van der Waals surface area contributed by atoms with E-state index >= 15 is 0 Å². The average molecular weight is 308 g/mol. The van der Waals surface area contributed by atoms with Crippen LogP contribution >= 0.6 is 23.2 Å². The molecule has 1 nitrogen and oxygen atoms in total. The molecule has 20 heavy (non-hydrogen) atoms. The van der Waals surface area contributed by atoms with Gasteiger partial charge in [0.25, 0.3) is 0 Å². The van der Waals surface area contributed by atoms with Crippen molar-refractivity contribution in [2.75, 3.05) is 0 Å². The number of rotatable bonds is 5. The van der Waals surface area contributed by atoms with Crippen LogP contribution in [0, 0.1) is 6.92 Å². The van der Waals surface area contributed by atoms with E-state index in [9.17, 15) is 0 Å². The number of aryl methyl sites for hydroxylation is 2. The number of hydrogen-bond donors (Lipinski definition) is 1. The van der Waals surface area contributed by atoms with Crippen molar-refractivity contribution in [3.05, 3.63) is 69.2 Å². The molecule has 0 aliphatic rings. The smallest absolute Gasteiger partial charge is 0.0453 e. The maximum absolute atomic E-state index is 6.21. The van der Waals surface area contributed by atoms with Gasteiger partial charge in [-0.15, -0.1) is 0 Å². The third-order valence-electron chi connectivity index (χ3n) is 3.38. The number of nitrogens with two attached hydrogens (primary N) is 1. The maximum atomic E-state index is 6.21. The van der Waals surface area contributed by atoms with Gasteiger partial charge in [-0.3, -0.25) is 0 Å². The first-order valence-corrected chi connectivity index (χ1v) is 7.55. The van der Waals surface area contributed by atoms with Gasteiger partial charge < -0.3 is 5.73 Å². The van der Waals surface area contributed by atoms with E-state index in [0.29, 0.717) is 10.0 Å². The Kier molecular flexibility index (Phi) is 5.47. The molecular weight excluding hydrogens is 289 g/mol. The lowest BCUT2D eigenvalue weighted by molar-refractivity contribution is 0.610. The maximum Gasteiger partial charge on any atom is 0.0453 e. The summed E-state index contributed by atoms with van der Waals surface area (Å²) in [7, 11) is 0. The zero-order chi connectivity index (χ0) is 14.5. The number of halogens is 2. The fraction of sp³-hybridized carbons (Fsp3) is 0.294. The van der Waals surface area contributed by atoms with E-state index in [-0.39, 0.29) is 6.04 Å². The zero-order valence-electron chi connectivity index (χ0n) is 11.6. The summed E-state index contributed by atoms with van der Waals surface area (Å²) >= 11 is 12.1. The summed E-state index contributed by atoms with van der Waals surface area (Å²) in [6.45, 7) is 2.11. The molecule has 2 rings (SSSR count). The second-order valence-corrected chi connectivity index (χ2v) is 6.07. The van der Waals surface area contributed by atoms with E-state index in [1.54, 1.807) is 6.07 Å². The monoisotopic (exact) mass is 307 g/mol. The van der Waals surface area contributed by atoms with Crippen LogP contribution in [0.2, 0.25) is 10.0 Å². The average Bonchev–Trinajstić information content (AvgIpc) is 2.40. The van der Waals surface area contributed by atoms with E-state index in [0.717, 1.165) is 24.8 Å². The Morgan fingerprint density at radius 1 is 1.10 bits per heavy atom. The van der Waals surface area contributed by atoms with Crippen LogP contribution in [0.15, 0.2) is 42.5 Å². The minimum atomic E-state index is 0.106. The molecule has 1 atom stereocenters. The summed E-state index contributed by atoms with van der Waals surface area (Å²) in [6, 6.07) is 14.2. The molecule has 2 aromatic rings. The molecule has 0 fully saturated rings. The fourth-order valence-corrected chi connectivity index (χ4v) is 2.78. The lowest BCUT2D eigenvalue weighted by Crippen LogP contribution is -2.23. The van der Waals surface area contributed by atoms with E-state index in [1.165, 1.54) is 11.1 Å². The second kappa shape index (κ2) is 7.12. The fourth-order valence-electron chi connectivity index (χ4n) is 2.29. The molecular formula is C17H19Cl2N. The predicted octanol–water partition coefficient (Wildman–Crippen LogP) is 4.80. The van der Waals surface area contributed by atoms with Crippen molar-refractivity contribution in [3.63, 3.8) is 0 Å². The van der Waals surface area contributed by atoms with Crippen molar-refractivity contribution in [2.45, 2.75) is 32.2 Å². The largest absolute Gasteiger partial charge is 0.327 e. The SMILES string of the molecule is Cc1cccc(CCC(N)Cc2ccc(Cl)cc2Cl)c1. The first kappa shape index (κ1) is 15.4. The summed E-state index contributed by atoms with van der Waals surface area (Å²) < 4.78 is 0. The summed E-state index contributed by atoms with van der Waals surface area (Å²) in [5.74, 6) is 0. The summed E-state index contributed by atoms with van der Waals surface area (Å²) in [5.41, 5.74) is 9.89. The van der Waals surface area contributed by atoms with E-state index in [2.05, 4.69) is 31.2 Å². The van der Waals surface area contributed by atoms with Crippen LogP contribution in [-0.2, 0) is 12.8 Å². The molecule has 2 N–H and O–H groups in total. The number of hydrogen-bond acceptors (Lipinski definition) is 1. The Labute approximate surface area is 130 Å². The highest BCUT2D eigenvalue weighted by Crippen LogP contribution is 2.22. The van der Waals surface area contributed by atoms with E-state index < -0.39 is 0 Å². The lowest BCUT2D eigenvalue weighted by atomic mass is 9.99. The third kappa shape index (κ3) is 4.52. The van der Waals surface area contributed by atoms with Gasteiger partial charge in [0.15, 0.2) is 0 Å². The van der Waals surface area contributed by atoms with Gasteiger partial charge in [0.05, 0.1) is 0 Å². The lowest BCUT2D eigenvalue weighted by Gasteiger charge is -2.13. The highest BCUT2D eigenvalue weighted by molar-refractivity contribution is 6.35. The summed E-state index contributed by atoms with van der Waals surface area (Å²) in [4.78, 5) is 0. The van der Waals surface area contributed by atoms with Gasteiger partial charge in [0, 0.05) is 16.1 Å². The van der Waals surface area contributed by atoms with Crippen molar-refractivity contribution in [2.24, 2.45) is 5.73 Å². The van der Waals surface area contributed by atoms with Crippen LogP contribution in [0.25, 0.3) is 0 Å². The first-order chi connectivity index (χ1) is 9.54. The molecule has 0 saturated heterocycles. The van der Waals surface area contributed by atoms with Crippen LogP contribution in [0.1, 0.15) is 23.1 Å². The van der Waals surface area contributed by atoms with Crippen molar-refractivity contribution in [1.82, 2.24) is 0 Å². The normalized spacial score (nSPS) is 12.4. The second-order valence-electron chi connectivity index (χ2n) is 5.23. The molecule has 0 aliphatic heterocycles. The Morgan fingerprint density at radius 3 is 2.60 bits per heavy atom. The molecule has 1 unspecified atom stereocenters. The van der Waals surface area contributed by atoms with Crippen LogP contribution in [0.4, 0.5) is 0 Å². The quantitative estimate of drug-likeness (QED) is 0.843. The molecule has 0 saturated carbocycles. The summed E-state index contributed by atoms with van der Waals surface area (Å²) in [5, 5.41) is 1.36. The molecule has 0 aliphatic carbocycles. The van der Waals surface area contributed by atoms with Crippen LogP contribution in [0.3, 0.4) is 0 Å². The van der Waals surface area contributed by atoms with Crippen molar-refractivity contribution >= 4 is 23.2 Å². The topological polar surface area (TPSA) is 26.0 Å². The van der Waals surface area contributed by atoms with Gasteiger partial charge in [-0.25, -0.2) is 0 Å². The molecule has 0 radical (unpaired) electrons. The number of benzene rings is 2. The van der Waals surface area contributed by atoms with Crippen molar-refractivity contribution in [1.29, 1.82) is 0 Å². The third-order valence-corrected chi connectivity index (χ3v) is 3.97. The van der Waals surface area contributed by atoms with Gasteiger partial charge in [-0.2, -0.15) is 0 Å². The minimum Gasteiger partial charge on any atom is -0.327 e. The molecule has 2 aromatic carbocycles. The van der Waals surface area contributed by atoms with Crippen molar-refractivity contribution in [3.8, 4) is 0 Å². The Hall–Kier alpha value is -1.02. The molecule has 3 heteroatoms. The Balaban J connectivity index is 1.90.